The molecular formula is C62H41NO. The molecule has 1 aromatic heterocycles. The molecule has 11 aromatic rings. The van der Waals surface area contributed by atoms with Gasteiger partial charge in [0.1, 0.15) is 11.2 Å². The van der Waals surface area contributed by atoms with Crippen LogP contribution in [-0.4, -0.2) is 0 Å². The van der Waals surface area contributed by atoms with Gasteiger partial charge in [0.25, 0.3) is 0 Å². The van der Waals surface area contributed by atoms with Crippen LogP contribution in [0.1, 0.15) is 44.5 Å². The summed E-state index contributed by atoms with van der Waals surface area (Å²) in [5.41, 5.74) is 18.6. The molecule has 10 aromatic carbocycles. The van der Waals surface area contributed by atoms with E-state index >= 15 is 0 Å². The van der Waals surface area contributed by atoms with E-state index in [-0.39, 0.29) is 0 Å². The lowest BCUT2D eigenvalue weighted by molar-refractivity contribution is 0.667. The van der Waals surface area contributed by atoms with Gasteiger partial charge >= 0.3 is 0 Å². The van der Waals surface area contributed by atoms with Crippen LogP contribution >= 0.6 is 0 Å². The van der Waals surface area contributed by atoms with Gasteiger partial charge in [-0.3, -0.25) is 0 Å². The van der Waals surface area contributed by atoms with E-state index in [0.717, 1.165) is 39.0 Å². The minimum atomic E-state index is -0.668. The van der Waals surface area contributed by atoms with E-state index in [1.165, 1.54) is 66.8 Å². The molecule has 2 aliphatic carbocycles. The maximum Gasteiger partial charge on any atom is 0.137 e. The zero-order chi connectivity index (χ0) is 42.2. The number of hydrogen-bond acceptors (Lipinski definition) is 2. The highest BCUT2D eigenvalue weighted by Gasteiger charge is 2.49. The highest BCUT2D eigenvalue weighted by molar-refractivity contribution is 6.11. The molecule has 2 aliphatic rings. The molecule has 64 heavy (non-hydrogen) atoms. The summed E-state index contributed by atoms with van der Waals surface area (Å²) < 4.78 is 7.04. The van der Waals surface area contributed by atoms with E-state index in [2.05, 4.69) is 254 Å². The van der Waals surface area contributed by atoms with E-state index in [1.807, 2.05) is 0 Å². The summed E-state index contributed by atoms with van der Waals surface area (Å²) >= 11 is 0. The van der Waals surface area contributed by atoms with Crippen LogP contribution in [0.2, 0.25) is 0 Å². The van der Waals surface area contributed by atoms with Gasteiger partial charge in [0.2, 0.25) is 0 Å². The molecule has 0 amide bonds. The molecule has 13 rings (SSSR count). The van der Waals surface area contributed by atoms with E-state index in [0.29, 0.717) is 0 Å². The highest BCUT2D eigenvalue weighted by Crippen LogP contribution is 2.62. The quantitative estimate of drug-likeness (QED) is 0.159. The zero-order valence-corrected chi connectivity index (χ0v) is 35.0. The first-order valence-electron chi connectivity index (χ1n) is 22.2. The van der Waals surface area contributed by atoms with Gasteiger partial charge in [0.15, 0.2) is 0 Å². The van der Waals surface area contributed by atoms with Gasteiger partial charge in [0, 0.05) is 28.1 Å². The summed E-state index contributed by atoms with van der Waals surface area (Å²) in [5, 5.41) is 2.23. The summed E-state index contributed by atoms with van der Waals surface area (Å²) in [6.07, 6.45) is 0. The molecule has 0 bridgehead atoms. The Morgan fingerprint density at radius 3 is 1.39 bits per heavy atom. The van der Waals surface area contributed by atoms with Crippen molar-refractivity contribution in [3.63, 3.8) is 0 Å². The van der Waals surface area contributed by atoms with E-state index in [1.54, 1.807) is 0 Å². The van der Waals surface area contributed by atoms with Crippen LogP contribution in [0.3, 0.4) is 0 Å². The van der Waals surface area contributed by atoms with Crippen molar-refractivity contribution in [2.75, 3.05) is 4.90 Å². The van der Waals surface area contributed by atoms with E-state index in [4.69, 9.17) is 4.42 Å². The molecule has 0 saturated heterocycles. The number of fused-ring (bicyclic) bond motifs is 9. The van der Waals surface area contributed by atoms with Crippen LogP contribution in [0.4, 0.5) is 17.1 Å². The molecule has 0 fully saturated rings. The minimum Gasteiger partial charge on any atom is -0.456 e. The van der Waals surface area contributed by atoms with Crippen LogP contribution < -0.4 is 4.90 Å². The van der Waals surface area contributed by atoms with Gasteiger partial charge in [0.05, 0.1) is 22.2 Å². The largest absolute Gasteiger partial charge is 0.456 e. The number of hydrogen-bond donors (Lipinski definition) is 0. The minimum absolute atomic E-state index is 0.546. The molecule has 0 saturated carbocycles. The topological polar surface area (TPSA) is 16.4 Å². The Morgan fingerprint density at radius 1 is 0.312 bits per heavy atom. The molecule has 0 unspecified atom stereocenters. The van der Waals surface area contributed by atoms with Gasteiger partial charge in [-0.05, 0) is 91.5 Å². The zero-order valence-electron chi connectivity index (χ0n) is 35.0. The first-order chi connectivity index (χ1) is 31.8. The standard InChI is InChI=1S/C62H41NO/c1-5-22-42(23-6-1)61(43-24-7-2-8-25-43)53-36-19-15-32-49(53)59-54(61)37-21-38-56(59)63(45-28-11-4-12-29-45)46-40-55(60-50-33-16-20-39-57(50)64-58(60)41-46)62(44-26-9-3-10-27-44)51-34-17-13-30-47(51)48-31-14-18-35-52(48)62/h1-41H. The van der Waals surface area contributed by atoms with E-state index < -0.39 is 10.8 Å². The third-order valence-electron chi connectivity index (χ3n) is 14.0. The van der Waals surface area contributed by atoms with Gasteiger partial charge < -0.3 is 9.32 Å². The summed E-state index contributed by atoms with van der Waals surface area (Å²) in [6.45, 7) is 0. The molecule has 2 heteroatoms. The van der Waals surface area contributed by atoms with Crippen molar-refractivity contribution in [1.29, 1.82) is 0 Å². The predicted octanol–water partition coefficient (Wildman–Crippen LogP) is 15.8. The second kappa shape index (κ2) is 14.2. The van der Waals surface area contributed by atoms with Crippen molar-refractivity contribution in [3.05, 3.63) is 293 Å². The monoisotopic (exact) mass is 815 g/mol. The molecule has 2 nitrogen and oxygen atoms in total. The average molecular weight is 816 g/mol. The van der Waals surface area contributed by atoms with Gasteiger partial charge in [-0.25, -0.2) is 0 Å². The number of nitrogens with zero attached hydrogens (tertiary/aromatic N) is 1. The second-order valence-electron chi connectivity index (χ2n) is 17.1. The molecule has 0 N–H and O–H groups in total. The first-order valence-corrected chi connectivity index (χ1v) is 22.2. The second-order valence-corrected chi connectivity index (χ2v) is 17.1. The molecule has 0 aliphatic heterocycles. The van der Waals surface area contributed by atoms with Crippen LogP contribution in [0.15, 0.2) is 253 Å². The molecule has 0 radical (unpaired) electrons. The van der Waals surface area contributed by atoms with Crippen LogP contribution in [0.25, 0.3) is 44.2 Å². The van der Waals surface area contributed by atoms with Gasteiger partial charge in [-0.2, -0.15) is 0 Å². The Bertz CT molecular complexity index is 3470. The Hall–Kier alpha value is -8.20. The summed E-state index contributed by atoms with van der Waals surface area (Å²) in [4.78, 5) is 2.48. The van der Waals surface area contributed by atoms with Crippen molar-refractivity contribution in [2.24, 2.45) is 0 Å². The molecule has 300 valence electrons. The van der Waals surface area contributed by atoms with E-state index in [9.17, 15) is 0 Å². The number of rotatable bonds is 7. The highest BCUT2D eigenvalue weighted by atomic mass is 16.3. The van der Waals surface area contributed by atoms with Crippen molar-refractivity contribution in [3.8, 4) is 22.3 Å². The number of anilines is 3. The Morgan fingerprint density at radius 2 is 0.781 bits per heavy atom. The van der Waals surface area contributed by atoms with Crippen molar-refractivity contribution in [2.45, 2.75) is 10.8 Å². The Labute approximate surface area is 373 Å². The van der Waals surface area contributed by atoms with Gasteiger partial charge in [-0.15, -0.1) is 0 Å². The van der Waals surface area contributed by atoms with Crippen molar-refractivity contribution >= 4 is 39.0 Å². The summed E-state index contributed by atoms with van der Waals surface area (Å²) in [5.74, 6) is 0. The Kier molecular flexibility index (Phi) is 8.07. The number of furan rings is 1. The summed E-state index contributed by atoms with van der Waals surface area (Å²) in [7, 11) is 0. The molecule has 1 heterocycles. The fraction of sp³-hybridized carbons (Fsp3) is 0.0323. The fourth-order valence-corrected chi connectivity index (χ4v) is 11.6. The van der Waals surface area contributed by atoms with Crippen LogP contribution in [0.5, 0.6) is 0 Å². The Balaban J connectivity index is 1.17. The van der Waals surface area contributed by atoms with Gasteiger partial charge in [-0.1, -0.05) is 212 Å². The third-order valence-corrected chi connectivity index (χ3v) is 14.0. The third kappa shape index (κ3) is 4.97. The fourth-order valence-electron chi connectivity index (χ4n) is 11.6. The average Bonchev–Trinajstić information content (AvgIpc) is 4.01. The van der Waals surface area contributed by atoms with Crippen molar-refractivity contribution < 1.29 is 4.42 Å². The lowest BCUT2D eigenvalue weighted by Crippen LogP contribution is -2.29. The van der Waals surface area contributed by atoms with Crippen LogP contribution in [-0.2, 0) is 10.8 Å². The van der Waals surface area contributed by atoms with Crippen molar-refractivity contribution in [1.82, 2.24) is 0 Å². The molecular weight excluding hydrogens is 775 g/mol. The smallest absolute Gasteiger partial charge is 0.137 e. The summed E-state index contributed by atoms with van der Waals surface area (Å²) in [6, 6.07) is 91.3. The number of benzene rings is 10. The lowest BCUT2D eigenvalue weighted by Gasteiger charge is -2.36. The SMILES string of the molecule is c1ccc(N(c2cc(C3(c4ccccc4)c4ccccc4-c4ccccc43)c3c(c2)oc2ccccc23)c2cccc3c2-c2ccccc2C3(c2ccccc2)c2ccccc2)cc1. The molecule has 0 spiro atoms. The lowest BCUT2D eigenvalue weighted by atomic mass is 9.66. The maximum atomic E-state index is 7.04. The predicted molar refractivity (Wildman–Crippen MR) is 263 cm³/mol. The molecule has 0 atom stereocenters. The normalized spacial score (nSPS) is 13.9. The first kappa shape index (κ1) is 36.5. The maximum absolute atomic E-state index is 7.04. The number of para-hydroxylation sites is 2. The van der Waals surface area contributed by atoms with Crippen LogP contribution in [0, 0.1) is 0 Å².